The van der Waals surface area contributed by atoms with Crippen LogP contribution in [0.1, 0.15) is 46.2 Å². The van der Waals surface area contributed by atoms with Gasteiger partial charge in [0.15, 0.2) is 5.78 Å². The van der Waals surface area contributed by atoms with E-state index in [4.69, 9.17) is 0 Å². The summed E-state index contributed by atoms with van der Waals surface area (Å²) in [5.74, 6) is 0.0503. The van der Waals surface area contributed by atoms with E-state index in [0.29, 0.717) is 11.3 Å². The van der Waals surface area contributed by atoms with Crippen molar-refractivity contribution in [2.24, 2.45) is 0 Å². The molecule has 3 nitrogen and oxygen atoms in total. The number of nitrogens with one attached hydrogen (secondary N) is 1. The van der Waals surface area contributed by atoms with Gasteiger partial charge < -0.3 is 4.98 Å². The molecule has 0 saturated carbocycles. The predicted octanol–water partition coefficient (Wildman–Crippen LogP) is 2.07. The van der Waals surface area contributed by atoms with Gasteiger partial charge in [-0.25, -0.2) is 0 Å². The Morgan fingerprint density at radius 2 is 1.79 bits per heavy atom. The van der Waals surface area contributed by atoms with Crippen LogP contribution in [0.4, 0.5) is 0 Å². The van der Waals surface area contributed by atoms with E-state index in [1.165, 1.54) is 12.2 Å². The van der Waals surface area contributed by atoms with Crippen molar-refractivity contribution in [1.29, 1.82) is 0 Å². The molecule has 1 heterocycles. The fourth-order valence-corrected chi connectivity index (χ4v) is 1.67. The maximum atomic E-state index is 11.6. The Kier molecular flexibility index (Phi) is 1.88. The first-order chi connectivity index (χ1) is 6.61. The average molecular weight is 189 g/mol. The van der Waals surface area contributed by atoms with Gasteiger partial charge in [0.05, 0.1) is 11.3 Å². The Labute approximate surface area is 81.8 Å². The van der Waals surface area contributed by atoms with Crippen molar-refractivity contribution in [3.63, 3.8) is 0 Å². The third kappa shape index (κ3) is 1.13. The lowest BCUT2D eigenvalue weighted by molar-refractivity contribution is 0.0991. The van der Waals surface area contributed by atoms with Crippen molar-refractivity contribution in [3.05, 3.63) is 35.2 Å². The zero-order valence-corrected chi connectivity index (χ0v) is 8.13. The Morgan fingerprint density at radius 3 is 2.43 bits per heavy atom. The first-order valence-electron chi connectivity index (χ1n) is 4.59. The van der Waals surface area contributed by atoms with Crippen LogP contribution < -0.4 is 0 Å². The molecule has 0 aliphatic heterocycles. The van der Waals surface area contributed by atoms with Gasteiger partial charge in [0.25, 0.3) is 0 Å². The minimum Gasteiger partial charge on any atom is -0.358 e. The molecule has 0 radical (unpaired) electrons. The van der Waals surface area contributed by atoms with Crippen LogP contribution in [0.5, 0.6) is 0 Å². The van der Waals surface area contributed by atoms with Crippen LogP contribution in [0.2, 0.25) is 0 Å². The fourth-order valence-electron chi connectivity index (χ4n) is 1.67. The summed E-state index contributed by atoms with van der Waals surface area (Å²) in [4.78, 5) is 25.8. The number of allylic oxidation sites excluding steroid dienone is 2. The van der Waals surface area contributed by atoms with Crippen LogP contribution in [0, 0.1) is 0 Å². The van der Waals surface area contributed by atoms with E-state index in [2.05, 4.69) is 4.98 Å². The summed E-state index contributed by atoms with van der Waals surface area (Å²) >= 11 is 0. The van der Waals surface area contributed by atoms with Gasteiger partial charge in [-0.3, -0.25) is 9.59 Å². The molecular formula is C11H11NO2. The Hall–Kier alpha value is -1.64. The van der Waals surface area contributed by atoms with Gasteiger partial charge in [0, 0.05) is 6.20 Å². The molecule has 1 aromatic rings. The van der Waals surface area contributed by atoms with E-state index in [0.717, 1.165) is 5.56 Å². The number of aromatic nitrogens is 1. The molecule has 0 bridgehead atoms. The molecule has 2 rings (SSSR count). The second-order valence-electron chi connectivity index (χ2n) is 3.71. The molecule has 0 atom stereocenters. The molecule has 0 aromatic carbocycles. The van der Waals surface area contributed by atoms with Crippen molar-refractivity contribution < 1.29 is 9.59 Å². The SMILES string of the molecule is CC(C)c1c[nH]c2c1C(=O)C=CC2=O. The van der Waals surface area contributed by atoms with Crippen LogP contribution in [-0.4, -0.2) is 16.6 Å². The van der Waals surface area contributed by atoms with E-state index in [-0.39, 0.29) is 17.5 Å². The topological polar surface area (TPSA) is 49.9 Å². The highest BCUT2D eigenvalue weighted by molar-refractivity contribution is 6.22. The van der Waals surface area contributed by atoms with E-state index >= 15 is 0 Å². The molecule has 0 amide bonds. The minimum atomic E-state index is -0.119. The van der Waals surface area contributed by atoms with Crippen molar-refractivity contribution >= 4 is 11.6 Å². The molecular weight excluding hydrogens is 178 g/mol. The van der Waals surface area contributed by atoms with Crippen molar-refractivity contribution in [2.75, 3.05) is 0 Å². The Morgan fingerprint density at radius 1 is 1.14 bits per heavy atom. The van der Waals surface area contributed by atoms with Gasteiger partial charge in [-0.2, -0.15) is 0 Å². The smallest absolute Gasteiger partial charge is 0.202 e. The van der Waals surface area contributed by atoms with Crippen LogP contribution in [0.25, 0.3) is 0 Å². The highest BCUT2D eigenvalue weighted by Gasteiger charge is 2.25. The number of rotatable bonds is 1. The molecule has 1 aliphatic rings. The standard InChI is InChI=1S/C11H11NO2/c1-6(2)7-5-12-11-9(14)4-3-8(13)10(7)11/h3-6,12H,1-2H3. The first kappa shape index (κ1) is 8.94. The lowest BCUT2D eigenvalue weighted by atomic mass is 9.93. The summed E-state index contributed by atoms with van der Waals surface area (Å²) in [6.07, 6.45) is 4.40. The molecule has 0 saturated heterocycles. The van der Waals surface area contributed by atoms with Crippen molar-refractivity contribution in [2.45, 2.75) is 19.8 Å². The maximum absolute atomic E-state index is 11.6. The number of H-pyrrole nitrogens is 1. The summed E-state index contributed by atoms with van der Waals surface area (Å²) < 4.78 is 0. The third-order valence-electron chi connectivity index (χ3n) is 2.41. The number of fused-ring (bicyclic) bond motifs is 1. The average Bonchev–Trinajstić information content (AvgIpc) is 2.56. The van der Waals surface area contributed by atoms with Gasteiger partial charge in [-0.05, 0) is 23.6 Å². The van der Waals surface area contributed by atoms with Crippen LogP contribution in [0.15, 0.2) is 18.3 Å². The summed E-state index contributed by atoms with van der Waals surface area (Å²) in [6, 6.07) is 0. The number of hydrogen-bond donors (Lipinski definition) is 1. The summed E-state index contributed by atoms with van der Waals surface area (Å²) in [5.41, 5.74) is 1.90. The number of aromatic amines is 1. The van der Waals surface area contributed by atoms with Gasteiger partial charge >= 0.3 is 0 Å². The molecule has 3 heteroatoms. The molecule has 0 fully saturated rings. The Balaban J connectivity index is 2.64. The molecule has 1 aromatic heterocycles. The van der Waals surface area contributed by atoms with Gasteiger partial charge in [-0.15, -0.1) is 0 Å². The summed E-state index contributed by atoms with van der Waals surface area (Å²) in [6.45, 7) is 4.00. The largest absolute Gasteiger partial charge is 0.358 e. The zero-order chi connectivity index (χ0) is 10.3. The van der Waals surface area contributed by atoms with Crippen molar-refractivity contribution in [3.8, 4) is 0 Å². The van der Waals surface area contributed by atoms with E-state index in [9.17, 15) is 9.59 Å². The number of carbonyl (C=O) groups excluding carboxylic acids is 2. The van der Waals surface area contributed by atoms with Crippen LogP contribution in [0.3, 0.4) is 0 Å². The first-order valence-corrected chi connectivity index (χ1v) is 4.59. The van der Waals surface area contributed by atoms with Gasteiger partial charge in [0.1, 0.15) is 0 Å². The molecule has 1 aliphatic carbocycles. The number of hydrogen-bond acceptors (Lipinski definition) is 2. The third-order valence-corrected chi connectivity index (χ3v) is 2.41. The maximum Gasteiger partial charge on any atom is 0.202 e. The highest BCUT2D eigenvalue weighted by Crippen LogP contribution is 2.25. The molecule has 14 heavy (non-hydrogen) atoms. The second-order valence-corrected chi connectivity index (χ2v) is 3.71. The summed E-state index contributed by atoms with van der Waals surface area (Å²) in [5, 5.41) is 0. The molecule has 0 unspecified atom stereocenters. The summed E-state index contributed by atoms with van der Waals surface area (Å²) in [7, 11) is 0. The predicted molar refractivity (Wildman–Crippen MR) is 52.7 cm³/mol. The lowest BCUT2D eigenvalue weighted by Gasteiger charge is -2.08. The normalized spacial score (nSPS) is 15.1. The number of carbonyl (C=O) groups is 2. The minimum absolute atomic E-state index is 0.0791. The molecule has 0 spiro atoms. The quantitative estimate of drug-likeness (QED) is 0.735. The van der Waals surface area contributed by atoms with Crippen molar-refractivity contribution in [1.82, 2.24) is 4.98 Å². The van der Waals surface area contributed by atoms with Crippen LogP contribution >= 0.6 is 0 Å². The van der Waals surface area contributed by atoms with Gasteiger partial charge in [0.2, 0.25) is 5.78 Å². The second kappa shape index (κ2) is 2.94. The fraction of sp³-hybridized carbons (Fsp3) is 0.273. The van der Waals surface area contributed by atoms with Gasteiger partial charge in [-0.1, -0.05) is 13.8 Å². The molecule has 72 valence electrons. The monoisotopic (exact) mass is 189 g/mol. The lowest BCUT2D eigenvalue weighted by Crippen LogP contribution is -2.12. The zero-order valence-electron chi connectivity index (χ0n) is 8.13. The van der Waals surface area contributed by atoms with E-state index in [1.807, 2.05) is 13.8 Å². The van der Waals surface area contributed by atoms with Crippen LogP contribution in [-0.2, 0) is 0 Å². The Bertz CT molecular complexity index is 438. The highest BCUT2D eigenvalue weighted by atomic mass is 16.1. The number of ketones is 2. The van der Waals surface area contributed by atoms with E-state index in [1.54, 1.807) is 6.20 Å². The molecule has 1 N–H and O–H groups in total. The van der Waals surface area contributed by atoms with E-state index < -0.39 is 0 Å².